The van der Waals surface area contributed by atoms with E-state index in [9.17, 15) is 4.79 Å². The van der Waals surface area contributed by atoms with Gasteiger partial charge in [-0.1, -0.05) is 12.1 Å². The number of fused-ring (bicyclic) bond motifs is 1. The monoisotopic (exact) mass is 222 g/mol. The van der Waals surface area contributed by atoms with Crippen LogP contribution in [-0.4, -0.2) is 32.0 Å². The molecule has 0 atom stereocenters. The third kappa shape index (κ3) is 1.81. The summed E-state index contributed by atoms with van der Waals surface area (Å²) < 4.78 is 1.66. The molecule has 0 aromatic carbocycles. The molecule has 7 heteroatoms. The van der Waals surface area contributed by atoms with Crippen LogP contribution >= 0.6 is 0 Å². The lowest BCUT2D eigenvalue weighted by Crippen LogP contribution is -2.17. The number of hydrogen-bond acceptors (Lipinski definition) is 5. The van der Waals surface area contributed by atoms with Gasteiger partial charge in [-0.15, -0.1) is 5.10 Å². The summed E-state index contributed by atoms with van der Waals surface area (Å²) in [5.74, 6) is 0.597. The van der Waals surface area contributed by atoms with Gasteiger partial charge in [0.05, 0.1) is 6.54 Å². The molecular weight excluding hydrogens is 208 g/mol. The lowest BCUT2D eigenvalue weighted by Gasteiger charge is -2.01. The Bertz CT molecular complexity index is 542. The van der Waals surface area contributed by atoms with E-state index in [1.807, 2.05) is 6.92 Å². The van der Waals surface area contributed by atoms with Gasteiger partial charge in [0.15, 0.2) is 11.2 Å². The Labute approximate surface area is 91.9 Å². The SMILES string of the molecule is CCCn1nnc2c(=O)[nH]c(CNC)nc21. The highest BCUT2D eigenvalue weighted by Gasteiger charge is 2.10. The minimum Gasteiger partial charge on any atom is -0.313 e. The van der Waals surface area contributed by atoms with E-state index >= 15 is 0 Å². The molecule has 0 bridgehead atoms. The minimum atomic E-state index is -0.238. The number of H-pyrrole nitrogens is 1. The lowest BCUT2D eigenvalue weighted by molar-refractivity contribution is 0.590. The molecule has 7 nitrogen and oxygen atoms in total. The molecule has 0 radical (unpaired) electrons. The van der Waals surface area contributed by atoms with Crippen molar-refractivity contribution in [2.45, 2.75) is 26.4 Å². The van der Waals surface area contributed by atoms with E-state index in [4.69, 9.17) is 0 Å². The first-order chi connectivity index (χ1) is 7.76. The molecule has 0 unspecified atom stereocenters. The molecule has 0 aliphatic carbocycles. The smallest absolute Gasteiger partial charge is 0.281 e. The van der Waals surface area contributed by atoms with E-state index in [2.05, 4.69) is 25.6 Å². The predicted molar refractivity (Wildman–Crippen MR) is 59.0 cm³/mol. The highest BCUT2D eigenvalue weighted by Crippen LogP contribution is 2.03. The third-order valence-electron chi connectivity index (χ3n) is 2.20. The van der Waals surface area contributed by atoms with E-state index in [1.54, 1.807) is 11.7 Å². The van der Waals surface area contributed by atoms with Crippen molar-refractivity contribution in [2.24, 2.45) is 0 Å². The zero-order chi connectivity index (χ0) is 11.5. The predicted octanol–water partition coefficient (Wildman–Crippen LogP) is -0.356. The van der Waals surface area contributed by atoms with Crippen molar-refractivity contribution in [3.8, 4) is 0 Å². The van der Waals surface area contributed by atoms with Crippen molar-refractivity contribution in [1.82, 2.24) is 30.3 Å². The molecule has 86 valence electrons. The fourth-order valence-electron chi connectivity index (χ4n) is 1.53. The number of hydrogen-bond donors (Lipinski definition) is 2. The number of aryl methyl sites for hydroxylation is 1. The normalized spacial score (nSPS) is 11.1. The second kappa shape index (κ2) is 4.40. The molecule has 0 spiro atoms. The number of rotatable bonds is 4. The molecule has 0 aliphatic rings. The van der Waals surface area contributed by atoms with Gasteiger partial charge in [0.1, 0.15) is 5.82 Å². The summed E-state index contributed by atoms with van der Waals surface area (Å²) in [5, 5.41) is 10.7. The Morgan fingerprint density at radius 3 is 3.00 bits per heavy atom. The van der Waals surface area contributed by atoms with Crippen LogP contribution in [0.4, 0.5) is 0 Å². The Morgan fingerprint density at radius 1 is 1.50 bits per heavy atom. The van der Waals surface area contributed by atoms with Gasteiger partial charge >= 0.3 is 0 Å². The summed E-state index contributed by atoms with van der Waals surface area (Å²) in [5.41, 5.74) is 0.613. The van der Waals surface area contributed by atoms with Gasteiger partial charge < -0.3 is 10.3 Å². The summed E-state index contributed by atoms with van der Waals surface area (Å²) >= 11 is 0. The maximum absolute atomic E-state index is 11.7. The highest BCUT2D eigenvalue weighted by atomic mass is 16.1. The van der Waals surface area contributed by atoms with Gasteiger partial charge in [-0.25, -0.2) is 9.67 Å². The molecule has 0 saturated heterocycles. The van der Waals surface area contributed by atoms with Crippen LogP contribution in [0.25, 0.3) is 11.2 Å². The van der Waals surface area contributed by atoms with E-state index in [1.165, 1.54) is 0 Å². The standard InChI is InChI=1S/C9H14N6O/c1-3-4-15-8-7(13-14-15)9(16)12-6(11-8)5-10-2/h10H,3-5H2,1-2H3,(H,11,12,16). The molecule has 2 aromatic heterocycles. The molecule has 2 aromatic rings. The molecule has 0 saturated carbocycles. The number of nitrogens with one attached hydrogen (secondary N) is 2. The van der Waals surface area contributed by atoms with Crippen molar-refractivity contribution in [1.29, 1.82) is 0 Å². The lowest BCUT2D eigenvalue weighted by atomic mass is 10.4. The van der Waals surface area contributed by atoms with Gasteiger partial charge in [0, 0.05) is 6.54 Å². The van der Waals surface area contributed by atoms with Gasteiger partial charge in [-0.3, -0.25) is 4.79 Å². The average molecular weight is 222 g/mol. The molecule has 2 heterocycles. The molecule has 2 N–H and O–H groups in total. The Hall–Kier alpha value is -1.76. The summed E-state index contributed by atoms with van der Waals surface area (Å²) in [6, 6.07) is 0. The van der Waals surface area contributed by atoms with Crippen LogP contribution in [-0.2, 0) is 13.1 Å². The van der Waals surface area contributed by atoms with Crippen LogP contribution in [0.15, 0.2) is 4.79 Å². The summed E-state index contributed by atoms with van der Waals surface area (Å²) in [7, 11) is 1.80. The Kier molecular flexibility index (Phi) is 2.95. The van der Waals surface area contributed by atoms with Crippen LogP contribution < -0.4 is 10.9 Å². The molecule has 16 heavy (non-hydrogen) atoms. The minimum absolute atomic E-state index is 0.238. The van der Waals surface area contributed by atoms with Crippen molar-refractivity contribution in [3.05, 3.63) is 16.2 Å². The van der Waals surface area contributed by atoms with Crippen LogP contribution in [0.3, 0.4) is 0 Å². The van der Waals surface area contributed by atoms with Crippen LogP contribution in [0.2, 0.25) is 0 Å². The second-order valence-corrected chi connectivity index (χ2v) is 3.53. The van der Waals surface area contributed by atoms with Gasteiger partial charge in [-0.2, -0.15) is 0 Å². The Balaban J connectivity index is 2.57. The number of aromatic amines is 1. The van der Waals surface area contributed by atoms with Gasteiger partial charge in [-0.05, 0) is 13.5 Å². The Morgan fingerprint density at radius 2 is 2.31 bits per heavy atom. The van der Waals surface area contributed by atoms with Gasteiger partial charge in [0.25, 0.3) is 5.56 Å². The third-order valence-corrected chi connectivity index (χ3v) is 2.20. The molecule has 0 fully saturated rings. The first-order valence-electron chi connectivity index (χ1n) is 5.23. The van der Waals surface area contributed by atoms with Crippen molar-refractivity contribution >= 4 is 11.2 Å². The number of nitrogens with zero attached hydrogens (tertiary/aromatic N) is 4. The van der Waals surface area contributed by atoms with Crippen LogP contribution in [0.5, 0.6) is 0 Å². The molecular formula is C9H14N6O. The van der Waals surface area contributed by atoms with E-state index in [0.717, 1.165) is 6.42 Å². The van der Waals surface area contributed by atoms with Gasteiger partial charge in [0.2, 0.25) is 0 Å². The first-order valence-corrected chi connectivity index (χ1v) is 5.23. The topological polar surface area (TPSA) is 88.5 Å². The maximum Gasteiger partial charge on any atom is 0.281 e. The molecule has 2 rings (SSSR count). The van der Waals surface area contributed by atoms with Crippen LogP contribution in [0, 0.1) is 0 Å². The fourth-order valence-corrected chi connectivity index (χ4v) is 1.53. The van der Waals surface area contributed by atoms with Crippen molar-refractivity contribution < 1.29 is 0 Å². The quantitative estimate of drug-likeness (QED) is 0.737. The summed E-state index contributed by atoms with van der Waals surface area (Å²) in [6.45, 7) is 3.27. The van der Waals surface area contributed by atoms with E-state index in [0.29, 0.717) is 30.1 Å². The molecule has 0 amide bonds. The van der Waals surface area contributed by atoms with Crippen molar-refractivity contribution in [3.63, 3.8) is 0 Å². The van der Waals surface area contributed by atoms with Crippen molar-refractivity contribution in [2.75, 3.05) is 7.05 Å². The van der Waals surface area contributed by atoms with E-state index < -0.39 is 0 Å². The zero-order valence-electron chi connectivity index (χ0n) is 9.32. The summed E-state index contributed by atoms with van der Waals surface area (Å²) in [6.07, 6.45) is 0.925. The molecule has 0 aliphatic heterocycles. The van der Waals surface area contributed by atoms with Crippen LogP contribution in [0.1, 0.15) is 19.2 Å². The largest absolute Gasteiger partial charge is 0.313 e. The highest BCUT2D eigenvalue weighted by molar-refractivity contribution is 5.67. The fraction of sp³-hybridized carbons (Fsp3) is 0.556. The zero-order valence-corrected chi connectivity index (χ0v) is 9.32. The van der Waals surface area contributed by atoms with E-state index in [-0.39, 0.29) is 5.56 Å². The number of aromatic nitrogens is 5. The summed E-state index contributed by atoms with van der Waals surface area (Å²) in [4.78, 5) is 18.6. The second-order valence-electron chi connectivity index (χ2n) is 3.53. The maximum atomic E-state index is 11.7. The average Bonchev–Trinajstić information content (AvgIpc) is 2.63. The first kappa shape index (κ1) is 10.7.